The summed E-state index contributed by atoms with van der Waals surface area (Å²) in [5, 5.41) is 3.51. The zero-order chi connectivity index (χ0) is 14.7. The topological polar surface area (TPSA) is 24.9 Å². The Morgan fingerprint density at radius 3 is 2.86 bits per heavy atom. The second-order valence-electron chi connectivity index (χ2n) is 5.57. The summed E-state index contributed by atoms with van der Waals surface area (Å²) < 4.78 is 0. The highest BCUT2D eigenvalue weighted by atomic mass is 32.2. The molecule has 2 aromatic rings. The van der Waals surface area contributed by atoms with Crippen molar-refractivity contribution in [2.24, 2.45) is 0 Å². The highest BCUT2D eigenvalue weighted by Crippen LogP contribution is 2.41. The van der Waals surface area contributed by atoms with E-state index < -0.39 is 0 Å². The average molecular weight is 298 g/mol. The van der Waals surface area contributed by atoms with Gasteiger partial charge >= 0.3 is 0 Å². The molecule has 1 aliphatic rings. The lowest BCUT2D eigenvalue weighted by Crippen LogP contribution is -2.34. The van der Waals surface area contributed by atoms with Gasteiger partial charge in [0.1, 0.15) is 0 Å². The molecule has 3 heteroatoms. The van der Waals surface area contributed by atoms with Gasteiger partial charge in [-0.3, -0.25) is 4.98 Å². The molecule has 2 atom stereocenters. The molecule has 0 aliphatic carbocycles. The van der Waals surface area contributed by atoms with Crippen molar-refractivity contribution >= 4 is 11.8 Å². The van der Waals surface area contributed by atoms with E-state index in [1.807, 2.05) is 18.0 Å². The van der Waals surface area contributed by atoms with Crippen LogP contribution >= 0.6 is 11.8 Å². The van der Waals surface area contributed by atoms with E-state index >= 15 is 0 Å². The van der Waals surface area contributed by atoms with E-state index in [4.69, 9.17) is 0 Å². The number of benzene rings is 1. The Hall–Kier alpha value is -1.32. The number of fused-ring (bicyclic) bond motifs is 1. The second-order valence-corrected chi connectivity index (χ2v) is 6.63. The molecule has 1 aliphatic heterocycles. The van der Waals surface area contributed by atoms with Crippen molar-refractivity contribution in [2.75, 3.05) is 12.8 Å². The molecule has 0 radical (unpaired) electrons. The molecular weight excluding hydrogens is 276 g/mol. The average Bonchev–Trinajstić information content (AvgIpc) is 2.97. The Labute approximate surface area is 131 Å². The van der Waals surface area contributed by atoms with E-state index in [-0.39, 0.29) is 0 Å². The van der Waals surface area contributed by atoms with Crippen molar-refractivity contribution in [3.05, 3.63) is 59.4 Å². The molecule has 0 bridgehead atoms. The molecule has 2 heterocycles. The lowest BCUT2D eigenvalue weighted by molar-refractivity contribution is 0.484. The minimum atomic E-state index is 0.445. The summed E-state index contributed by atoms with van der Waals surface area (Å²) in [6, 6.07) is 13.6. The molecule has 1 aromatic carbocycles. The maximum atomic E-state index is 4.62. The van der Waals surface area contributed by atoms with Gasteiger partial charge in [-0.15, -0.1) is 11.8 Å². The summed E-state index contributed by atoms with van der Waals surface area (Å²) in [5.74, 6) is 1.74. The van der Waals surface area contributed by atoms with Crippen LogP contribution in [0.4, 0.5) is 0 Å². The zero-order valence-corrected chi connectivity index (χ0v) is 13.5. The predicted octanol–water partition coefficient (Wildman–Crippen LogP) is 3.66. The molecule has 0 saturated heterocycles. The summed E-state index contributed by atoms with van der Waals surface area (Å²) in [7, 11) is 2.07. The van der Waals surface area contributed by atoms with Crippen molar-refractivity contribution in [1.29, 1.82) is 0 Å². The Morgan fingerprint density at radius 1 is 1.29 bits per heavy atom. The molecule has 1 N–H and O–H groups in total. The number of aryl methyl sites for hydroxylation is 1. The minimum absolute atomic E-state index is 0.445. The molecule has 2 nitrogen and oxygen atoms in total. The number of rotatable bonds is 5. The van der Waals surface area contributed by atoms with Gasteiger partial charge in [0.25, 0.3) is 0 Å². The Kier molecular flexibility index (Phi) is 4.61. The largest absolute Gasteiger partial charge is 0.316 e. The van der Waals surface area contributed by atoms with E-state index in [0.29, 0.717) is 12.0 Å². The Morgan fingerprint density at radius 2 is 2.14 bits per heavy atom. The van der Waals surface area contributed by atoms with Gasteiger partial charge in [0.2, 0.25) is 0 Å². The number of nitrogens with one attached hydrogen (secondary N) is 1. The summed E-state index contributed by atoms with van der Waals surface area (Å²) in [5.41, 5.74) is 3.98. The standard InChI is InChI=1S/C18H22N2S/c1-3-13-8-9-14(20-11-13)10-17(19-2)16-12-21-18-7-5-4-6-15(16)18/h4-9,11,16-17,19H,3,10,12H2,1-2H3. The van der Waals surface area contributed by atoms with Crippen LogP contribution in [0.25, 0.3) is 0 Å². The van der Waals surface area contributed by atoms with Crippen LogP contribution in [0, 0.1) is 0 Å². The van der Waals surface area contributed by atoms with Crippen LogP contribution in [0.15, 0.2) is 47.5 Å². The molecular formula is C18H22N2S. The molecule has 3 rings (SSSR count). The normalized spacial score (nSPS) is 18.5. The van der Waals surface area contributed by atoms with Crippen LogP contribution < -0.4 is 5.32 Å². The fourth-order valence-corrected chi connectivity index (χ4v) is 4.31. The van der Waals surface area contributed by atoms with Gasteiger partial charge in [0.05, 0.1) is 0 Å². The van der Waals surface area contributed by atoms with E-state index in [2.05, 4.69) is 60.7 Å². The first kappa shape index (κ1) is 14.6. The second kappa shape index (κ2) is 6.63. The summed E-state index contributed by atoms with van der Waals surface area (Å²) in [6.45, 7) is 2.17. The van der Waals surface area contributed by atoms with Crippen molar-refractivity contribution < 1.29 is 0 Å². The zero-order valence-electron chi connectivity index (χ0n) is 12.7. The summed E-state index contributed by atoms with van der Waals surface area (Å²) >= 11 is 1.98. The predicted molar refractivity (Wildman–Crippen MR) is 90.1 cm³/mol. The van der Waals surface area contributed by atoms with Crippen LogP contribution in [-0.4, -0.2) is 23.8 Å². The molecule has 21 heavy (non-hydrogen) atoms. The van der Waals surface area contributed by atoms with E-state index in [1.54, 1.807) is 0 Å². The van der Waals surface area contributed by atoms with Gasteiger partial charge in [0.15, 0.2) is 0 Å². The lowest BCUT2D eigenvalue weighted by Gasteiger charge is -2.23. The first-order valence-corrected chi connectivity index (χ1v) is 8.63. The first-order chi connectivity index (χ1) is 10.3. The molecule has 110 valence electrons. The van der Waals surface area contributed by atoms with Crippen LogP contribution in [0.5, 0.6) is 0 Å². The number of pyridine rings is 1. The van der Waals surface area contributed by atoms with E-state index in [0.717, 1.165) is 18.6 Å². The van der Waals surface area contributed by atoms with E-state index in [9.17, 15) is 0 Å². The van der Waals surface area contributed by atoms with Gasteiger partial charge in [-0.2, -0.15) is 0 Å². The number of likely N-dealkylation sites (N-methyl/N-ethyl adjacent to an activating group) is 1. The molecule has 0 saturated carbocycles. The molecule has 2 unspecified atom stereocenters. The van der Waals surface area contributed by atoms with Crippen LogP contribution in [0.2, 0.25) is 0 Å². The monoisotopic (exact) mass is 298 g/mol. The van der Waals surface area contributed by atoms with Gasteiger partial charge in [-0.1, -0.05) is 31.2 Å². The number of hydrogen-bond donors (Lipinski definition) is 1. The Bertz CT molecular complexity index is 594. The molecule has 0 amide bonds. The van der Waals surface area contributed by atoms with Crippen molar-refractivity contribution in [3.8, 4) is 0 Å². The third-order valence-electron chi connectivity index (χ3n) is 4.32. The number of thioether (sulfide) groups is 1. The van der Waals surface area contributed by atoms with E-state index in [1.165, 1.54) is 21.7 Å². The van der Waals surface area contributed by atoms with Crippen molar-refractivity contribution in [1.82, 2.24) is 10.3 Å². The maximum absolute atomic E-state index is 4.62. The number of hydrogen-bond acceptors (Lipinski definition) is 3. The summed E-state index contributed by atoms with van der Waals surface area (Å²) in [6.07, 6.45) is 4.05. The fourth-order valence-electron chi connectivity index (χ4n) is 2.98. The molecule has 0 spiro atoms. The first-order valence-electron chi connectivity index (χ1n) is 7.64. The van der Waals surface area contributed by atoms with Gasteiger partial charge in [-0.05, 0) is 36.7 Å². The van der Waals surface area contributed by atoms with Crippen LogP contribution in [-0.2, 0) is 12.8 Å². The van der Waals surface area contributed by atoms with Crippen LogP contribution in [0.3, 0.4) is 0 Å². The Balaban J connectivity index is 1.76. The smallest absolute Gasteiger partial charge is 0.0419 e. The summed E-state index contributed by atoms with van der Waals surface area (Å²) in [4.78, 5) is 6.06. The third kappa shape index (κ3) is 3.14. The maximum Gasteiger partial charge on any atom is 0.0419 e. The number of aromatic nitrogens is 1. The lowest BCUT2D eigenvalue weighted by atomic mass is 9.90. The number of nitrogens with zero attached hydrogens (tertiary/aromatic N) is 1. The minimum Gasteiger partial charge on any atom is -0.316 e. The van der Waals surface area contributed by atoms with Crippen molar-refractivity contribution in [2.45, 2.75) is 36.6 Å². The third-order valence-corrected chi connectivity index (χ3v) is 5.53. The quantitative estimate of drug-likeness (QED) is 0.912. The highest BCUT2D eigenvalue weighted by molar-refractivity contribution is 7.99. The SMILES string of the molecule is CCc1ccc(CC(NC)C2CSc3ccccc32)nc1. The van der Waals surface area contributed by atoms with Gasteiger partial charge in [0, 0.05) is 40.9 Å². The van der Waals surface area contributed by atoms with Crippen LogP contribution in [0.1, 0.15) is 29.7 Å². The molecule has 1 aromatic heterocycles. The highest BCUT2D eigenvalue weighted by Gasteiger charge is 2.29. The molecule has 0 fully saturated rings. The van der Waals surface area contributed by atoms with Crippen molar-refractivity contribution in [3.63, 3.8) is 0 Å². The fraction of sp³-hybridized carbons (Fsp3) is 0.389. The van der Waals surface area contributed by atoms with Gasteiger partial charge < -0.3 is 5.32 Å². The van der Waals surface area contributed by atoms with Gasteiger partial charge in [-0.25, -0.2) is 0 Å².